The van der Waals surface area contributed by atoms with Gasteiger partial charge in [-0.15, -0.1) is 0 Å². The van der Waals surface area contributed by atoms with Crippen LogP contribution in [0.4, 0.5) is 5.69 Å². The van der Waals surface area contributed by atoms with Gasteiger partial charge in [0.2, 0.25) is 0 Å². The second-order valence-electron chi connectivity index (χ2n) is 3.83. The lowest BCUT2D eigenvalue weighted by Gasteiger charge is -2.02. The number of halogens is 2. The van der Waals surface area contributed by atoms with Crippen molar-refractivity contribution in [3.8, 4) is 0 Å². The van der Waals surface area contributed by atoms with Gasteiger partial charge < -0.3 is 5.32 Å². The average Bonchev–Trinajstić information content (AvgIpc) is 2.41. The van der Waals surface area contributed by atoms with E-state index in [0.717, 1.165) is 14.6 Å². The summed E-state index contributed by atoms with van der Waals surface area (Å²) < 4.78 is 1.91. The minimum Gasteiger partial charge on any atom is -0.361 e. The van der Waals surface area contributed by atoms with E-state index in [1.54, 1.807) is 18.3 Å². The SMILES string of the molecule is O=C(C=CNc1ccccc1Br)c1ccc(Br)cc1. The minimum absolute atomic E-state index is 0.0351. The van der Waals surface area contributed by atoms with Crippen LogP contribution in [0.1, 0.15) is 10.4 Å². The summed E-state index contributed by atoms with van der Waals surface area (Å²) in [6.07, 6.45) is 3.16. The maximum atomic E-state index is 11.9. The molecule has 0 atom stereocenters. The minimum atomic E-state index is -0.0351. The summed E-state index contributed by atoms with van der Waals surface area (Å²) in [6, 6.07) is 15.0. The van der Waals surface area contributed by atoms with Crippen molar-refractivity contribution in [2.24, 2.45) is 0 Å². The Labute approximate surface area is 128 Å². The normalized spacial score (nSPS) is 10.6. The molecule has 0 saturated carbocycles. The van der Waals surface area contributed by atoms with Gasteiger partial charge in [-0.2, -0.15) is 0 Å². The Kier molecular flexibility index (Phi) is 4.93. The van der Waals surface area contributed by atoms with Crippen molar-refractivity contribution in [2.45, 2.75) is 0 Å². The first-order chi connectivity index (χ1) is 9.16. The fourth-order valence-corrected chi connectivity index (χ4v) is 2.16. The molecule has 0 aliphatic heterocycles. The van der Waals surface area contributed by atoms with E-state index < -0.39 is 0 Å². The Hall–Kier alpha value is -1.39. The smallest absolute Gasteiger partial charge is 0.187 e. The van der Waals surface area contributed by atoms with E-state index in [4.69, 9.17) is 0 Å². The Morgan fingerprint density at radius 3 is 2.37 bits per heavy atom. The molecule has 0 spiro atoms. The van der Waals surface area contributed by atoms with E-state index >= 15 is 0 Å². The number of carbonyl (C=O) groups is 1. The lowest BCUT2D eigenvalue weighted by atomic mass is 10.1. The van der Waals surface area contributed by atoms with Gasteiger partial charge >= 0.3 is 0 Å². The molecule has 0 radical (unpaired) electrons. The van der Waals surface area contributed by atoms with Crippen LogP contribution >= 0.6 is 31.9 Å². The van der Waals surface area contributed by atoms with Crippen molar-refractivity contribution in [1.82, 2.24) is 0 Å². The standard InChI is InChI=1S/C15H11Br2NO/c16-12-7-5-11(6-8-12)15(19)9-10-18-14-4-2-1-3-13(14)17/h1-10,18H. The number of carbonyl (C=O) groups excluding carboxylic acids is 1. The highest BCUT2D eigenvalue weighted by Crippen LogP contribution is 2.21. The topological polar surface area (TPSA) is 29.1 Å². The van der Waals surface area contributed by atoms with Crippen LogP contribution in [0.25, 0.3) is 0 Å². The summed E-state index contributed by atoms with van der Waals surface area (Å²) in [5, 5.41) is 3.07. The van der Waals surface area contributed by atoms with Crippen molar-refractivity contribution >= 4 is 43.3 Å². The molecule has 0 bridgehead atoms. The van der Waals surface area contributed by atoms with Crippen LogP contribution < -0.4 is 5.32 Å². The predicted octanol–water partition coefficient (Wildman–Crippen LogP) is 5.02. The third kappa shape index (κ3) is 4.04. The summed E-state index contributed by atoms with van der Waals surface area (Å²) in [5.74, 6) is -0.0351. The van der Waals surface area contributed by atoms with Gasteiger partial charge in [-0.25, -0.2) is 0 Å². The first-order valence-electron chi connectivity index (χ1n) is 5.64. The number of hydrogen-bond donors (Lipinski definition) is 1. The van der Waals surface area contributed by atoms with Gasteiger partial charge in [-0.1, -0.05) is 28.1 Å². The van der Waals surface area contributed by atoms with Crippen molar-refractivity contribution in [3.05, 3.63) is 75.3 Å². The molecular weight excluding hydrogens is 370 g/mol. The lowest BCUT2D eigenvalue weighted by Crippen LogP contribution is -1.96. The zero-order chi connectivity index (χ0) is 13.7. The van der Waals surface area contributed by atoms with Crippen LogP contribution in [-0.2, 0) is 0 Å². The largest absolute Gasteiger partial charge is 0.361 e. The summed E-state index contributed by atoms with van der Waals surface area (Å²) in [5.41, 5.74) is 1.58. The molecule has 96 valence electrons. The Morgan fingerprint density at radius 2 is 1.68 bits per heavy atom. The van der Waals surface area contributed by atoms with Crippen LogP contribution in [0, 0.1) is 0 Å². The van der Waals surface area contributed by atoms with Gasteiger partial charge in [0.05, 0.1) is 5.69 Å². The first-order valence-corrected chi connectivity index (χ1v) is 7.23. The highest BCUT2D eigenvalue weighted by atomic mass is 79.9. The van der Waals surface area contributed by atoms with Crippen molar-refractivity contribution in [3.63, 3.8) is 0 Å². The molecule has 2 aromatic rings. The average molecular weight is 381 g/mol. The molecule has 4 heteroatoms. The third-order valence-corrected chi connectivity index (χ3v) is 3.70. The fourth-order valence-electron chi connectivity index (χ4n) is 1.50. The first kappa shape index (κ1) is 14.0. The fraction of sp³-hybridized carbons (Fsp3) is 0. The molecule has 2 nitrogen and oxygen atoms in total. The molecule has 0 saturated heterocycles. The van der Waals surface area contributed by atoms with E-state index in [9.17, 15) is 4.79 Å². The van der Waals surface area contributed by atoms with Crippen molar-refractivity contribution in [2.75, 3.05) is 5.32 Å². The molecule has 0 aromatic heterocycles. The number of benzene rings is 2. The Morgan fingerprint density at radius 1 is 1.00 bits per heavy atom. The maximum Gasteiger partial charge on any atom is 0.187 e. The highest BCUT2D eigenvalue weighted by Gasteiger charge is 2.01. The van der Waals surface area contributed by atoms with E-state index in [-0.39, 0.29) is 5.78 Å². The summed E-state index contributed by atoms with van der Waals surface area (Å²) >= 11 is 6.77. The van der Waals surface area contributed by atoms with Crippen molar-refractivity contribution in [1.29, 1.82) is 0 Å². The molecule has 0 aliphatic rings. The summed E-state index contributed by atoms with van der Waals surface area (Å²) in [4.78, 5) is 11.9. The quantitative estimate of drug-likeness (QED) is 0.595. The second kappa shape index (κ2) is 6.68. The van der Waals surface area contributed by atoms with E-state index in [1.165, 1.54) is 6.08 Å². The number of ketones is 1. The van der Waals surface area contributed by atoms with Gasteiger partial charge in [-0.3, -0.25) is 4.79 Å². The molecular formula is C15H11Br2NO. The zero-order valence-corrected chi connectivity index (χ0v) is 13.1. The Bertz CT molecular complexity index is 606. The monoisotopic (exact) mass is 379 g/mol. The highest BCUT2D eigenvalue weighted by molar-refractivity contribution is 9.10. The number of anilines is 1. The molecule has 0 fully saturated rings. The molecule has 0 amide bonds. The number of allylic oxidation sites excluding steroid dienone is 1. The Balaban J connectivity index is 2.01. The van der Waals surface area contributed by atoms with Crippen molar-refractivity contribution < 1.29 is 4.79 Å². The van der Waals surface area contributed by atoms with Gasteiger partial charge in [0.15, 0.2) is 5.78 Å². The second-order valence-corrected chi connectivity index (χ2v) is 5.60. The van der Waals surface area contributed by atoms with E-state index in [2.05, 4.69) is 37.2 Å². The number of para-hydroxylation sites is 1. The third-order valence-electron chi connectivity index (χ3n) is 2.48. The number of hydrogen-bond acceptors (Lipinski definition) is 2. The summed E-state index contributed by atoms with van der Waals surface area (Å²) in [6.45, 7) is 0. The molecule has 19 heavy (non-hydrogen) atoms. The van der Waals surface area contributed by atoms with Crippen LogP contribution in [-0.4, -0.2) is 5.78 Å². The van der Waals surface area contributed by atoms with Crippen LogP contribution in [0.5, 0.6) is 0 Å². The lowest BCUT2D eigenvalue weighted by molar-refractivity contribution is 0.104. The molecule has 0 aliphatic carbocycles. The van der Waals surface area contributed by atoms with Crippen LogP contribution in [0.15, 0.2) is 69.8 Å². The van der Waals surface area contributed by atoms with Gasteiger partial charge in [-0.05, 0) is 52.3 Å². The summed E-state index contributed by atoms with van der Waals surface area (Å²) in [7, 11) is 0. The molecule has 2 rings (SSSR count). The molecule has 0 unspecified atom stereocenters. The maximum absolute atomic E-state index is 11.9. The molecule has 2 aromatic carbocycles. The van der Waals surface area contributed by atoms with Gasteiger partial charge in [0, 0.05) is 26.8 Å². The van der Waals surface area contributed by atoms with Gasteiger partial charge in [0.1, 0.15) is 0 Å². The van der Waals surface area contributed by atoms with Crippen LogP contribution in [0.3, 0.4) is 0 Å². The zero-order valence-electron chi connectivity index (χ0n) is 9.94. The predicted molar refractivity (Wildman–Crippen MR) is 85.4 cm³/mol. The number of nitrogens with one attached hydrogen (secondary N) is 1. The molecule has 1 N–H and O–H groups in total. The molecule has 0 heterocycles. The van der Waals surface area contributed by atoms with Gasteiger partial charge in [0.25, 0.3) is 0 Å². The number of rotatable bonds is 4. The van der Waals surface area contributed by atoms with E-state index in [0.29, 0.717) is 5.56 Å². The van der Waals surface area contributed by atoms with E-state index in [1.807, 2.05) is 36.4 Å². The van der Waals surface area contributed by atoms with Crippen LogP contribution in [0.2, 0.25) is 0 Å².